The monoisotopic (exact) mass is 445 g/mol. The van der Waals surface area contributed by atoms with Crippen molar-refractivity contribution in [3.05, 3.63) is 87.9 Å². The molecule has 0 bridgehead atoms. The summed E-state index contributed by atoms with van der Waals surface area (Å²) in [5.41, 5.74) is 3.95. The van der Waals surface area contributed by atoms with Gasteiger partial charge in [-0.3, -0.25) is 4.79 Å². The van der Waals surface area contributed by atoms with E-state index in [0.29, 0.717) is 17.2 Å². The van der Waals surface area contributed by atoms with Gasteiger partial charge in [0.15, 0.2) is 0 Å². The summed E-state index contributed by atoms with van der Waals surface area (Å²) in [7, 11) is 1.64. The Morgan fingerprint density at radius 2 is 1.97 bits per heavy atom. The Morgan fingerprint density at radius 1 is 1.16 bits per heavy atom. The molecule has 2 atom stereocenters. The van der Waals surface area contributed by atoms with E-state index in [1.54, 1.807) is 13.2 Å². The molecule has 1 N–H and O–H groups in total. The van der Waals surface area contributed by atoms with Gasteiger partial charge >= 0.3 is 5.72 Å². The molecule has 2 unspecified atom stereocenters. The lowest BCUT2D eigenvalue weighted by atomic mass is 9.92. The van der Waals surface area contributed by atoms with Crippen LogP contribution < -0.4 is 14.8 Å². The van der Waals surface area contributed by atoms with Gasteiger partial charge in [-0.1, -0.05) is 23.2 Å². The topological polar surface area (TPSA) is 63.2 Å². The average molecular weight is 446 g/mol. The zero-order valence-electron chi connectivity index (χ0n) is 17.6. The van der Waals surface area contributed by atoms with Crippen LogP contribution in [0.25, 0.3) is 0 Å². The number of hydrogen-bond acceptors (Lipinski definition) is 5. The van der Waals surface area contributed by atoms with Crippen LogP contribution in [0.3, 0.4) is 0 Å². The van der Waals surface area contributed by atoms with Crippen molar-refractivity contribution < 1.29 is 14.3 Å². The fourth-order valence-corrected chi connectivity index (χ4v) is 4.97. The molecule has 3 aliphatic heterocycles. The third-order valence-corrected chi connectivity index (χ3v) is 6.58. The van der Waals surface area contributed by atoms with Crippen LogP contribution in [-0.2, 0) is 10.5 Å². The lowest BCUT2D eigenvalue weighted by Gasteiger charge is -2.44. The molecular weight excluding hydrogens is 426 g/mol. The highest BCUT2D eigenvalue weighted by molar-refractivity contribution is 6.30. The standard InChI is InChI=1S/C25H20ClN3O3/c1-14-3-9-20-19(11-14)25(24(30)27-20)29-22(18-12-16(26)6-10-23(18)32-25)13-21(28-29)15-4-7-17(31-2)8-5-15/h3-12,22H,13H2,1-2H3,(H,27,30). The van der Waals surface area contributed by atoms with Gasteiger partial charge in [0.25, 0.3) is 5.91 Å². The molecule has 0 aliphatic carbocycles. The Bertz CT molecular complexity index is 1300. The van der Waals surface area contributed by atoms with E-state index >= 15 is 0 Å². The van der Waals surface area contributed by atoms with Crippen LogP contribution in [0, 0.1) is 6.92 Å². The number of methoxy groups -OCH3 is 1. The molecule has 0 saturated carbocycles. The number of nitrogens with one attached hydrogen (secondary N) is 1. The van der Waals surface area contributed by atoms with Crippen LogP contribution in [0.4, 0.5) is 5.69 Å². The first-order chi connectivity index (χ1) is 15.5. The maximum Gasteiger partial charge on any atom is 0.306 e. The largest absolute Gasteiger partial charge is 0.497 e. The Morgan fingerprint density at radius 3 is 2.75 bits per heavy atom. The number of carbonyl (C=O) groups is 1. The van der Waals surface area contributed by atoms with Gasteiger partial charge in [0.05, 0.1) is 30.1 Å². The molecule has 3 aliphatic rings. The van der Waals surface area contributed by atoms with Gasteiger partial charge in [-0.2, -0.15) is 5.10 Å². The van der Waals surface area contributed by atoms with Crippen LogP contribution in [0.5, 0.6) is 11.5 Å². The van der Waals surface area contributed by atoms with Gasteiger partial charge in [-0.15, -0.1) is 0 Å². The SMILES string of the molecule is COc1ccc(C2=NN3C(C2)c2cc(Cl)ccc2OC32C(=O)Nc3ccc(C)cc32)cc1. The number of nitrogens with zero attached hydrogens (tertiary/aromatic N) is 2. The van der Waals surface area contributed by atoms with Gasteiger partial charge in [0, 0.05) is 17.0 Å². The molecule has 0 radical (unpaired) electrons. The predicted octanol–water partition coefficient (Wildman–Crippen LogP) is 5.01. The number of carbonyl (C=O) groups excluding carboxylic acids is 1. The van der Waals surface area contributed by atoms with Crippen molar-refractivity contribution in [1.29, 1.82) is 0 Å². The van der Waals surface area contributed by atoms with Gasteiger partial charge in [0.1, 0.15) is 11.5 Å². The van der Waals surface area contributed by atoms with Gasteiger partial charge in [0.2, 0.25) is 0 Å². The lowest BCUT2D eigenvalue weighted by Crippen LogP contribution is -2.55. The van der Waals surface area contributed by atoms with Crippen LogP contribution >= 0.6 is 11.6 Å². The number of benzene rings is 3. The van der Waals surface area contributed by atoms with Crippen molar-refractivity contribution in [3.63, 3.8) is 0 Å². The predicted molar refractivity (Wildman–Crippen MR) is 122 cm³/mol. The fourth-order valence-electron chi connectivity index (χ4n) is 4.78. The van der Waals surface area contributed by atoms with E-state index in [1.165, 1.54) is 0 Å². The van der Waals surface area contributed by atoms with Crippen molar-refractivity contribution >= 4 is 28.9 Å². The zero-order valence-corrected chi connectivity index (χ0v) is 18.3. The second kappa shape index (κ2) is 6.74. The first-order valence-electron chi connectivity index (χ1n) is 10.4. The summed E-state index contributed by atoms with van der Waals surface area (Å²) < 4.78 is 11.8. The maximum absolute atomic E-state index is 13.5. The molecule has 6 nitrogen and oxygen atoms in total. The molecule has 3 aromatic carbocycles. The minimum absolute atomic E-state index is 0.188. The maximum atomic E-state index is 13.5. The zero-order chi connectivity index (χ0) is 22.0. The molecule has 0 aromatic heterocycles. The molecule has 160 valence electrons. The Labute approximate surface area is 190 Å². The molecular formula is C25H20ClN3O3. The van der Waals surface area contributed by atoms with E-state index in [2.05, 4.69) is 5.32 Å². The summed E-state index contributed by atoms with van der Waals surface area (Å²) in [6.45, 7) is 2.00. The third kappa shape index (κ3) is 2.59. The van der Waals surface area contributed by atoms with Gasteiger partial charge in [-0.05, 0) is 67.1 Å². The number of hydrogen-bond donors (Lipinski definition) is 1. The lowest BCUT2D eigenvalue weighted by molar-refractivity contribution is -0.161. The van der Waals surface area contributed by atoms with Gasteiger partial charge in [-0.25, -0.2) is 5.01 Å². The van der Waals surface area contributed by atoms with E-state index in [9.17, 15) is 4.79 Å². The van der Waals surface area contributed by atoms with E-state index in [-0.39, 0.29) is 11.9 Å². The number of ether oxygens (including phenoxy) is 2. The van der Waals surface area contributed by atoms with E-state index in [4.69, 9.17) is 26.2 Å². The number of hydrazone groups is 1. The van der Waals surface area contributed by atoms with Crippen LogP contribution in [0.2, 0.25) is 5.02 Å². The smallest absolute Gasteiger partial charge is 0.306 e. The Balaban J connectivity index is 1.55. The number of amides is 1. The first kappa shape index (κ1) is 19.2. The molecule has 1 amide bonds. The van der Waals surface area contributed by atoms with Crippen LogP contribution in [0.15, 0.2) is 65.8 Å². The summed E-state index contributed by atoms with van der Waals surface area (Å²) in [5, 5.41) is 10.4. The summed E-state index contributed by atoms with van der Waals surface area (Å²) in [4.78, 5) is 13.5. The molecule has 1 spiro atoms. The molecule has 0 fully saturated rings. The highest BCUT2D eigenvalue weighted by atomic mass is 35.5. The molecule has 0 saturated heterocycles. The number of aryl methyl sites for hydroxylation is 1. The molecule has 32 heavy (non-hydrogen) atoms. The average Bonchev–Trinajstić information content (AvgIpc) is 3.36. The fraction of sp³-hybridized carbons (Fsp3) is 0.200. The van der Waals surface area contributed by atoms with Crippen molar-refractivity contribution in [2.75, 3.05) is 12.4 Å². The minimum atomic E-state index is -1.37. The van der Waals surface area contributed by atoms with Crippen molar-refractivity contribution in [3.8, 4) is 11.5 Å². The summed E-state index contributed by atoms with van der Waals surface area (Å²) in [5.74, 6) is 1.18. The van der Waals surface area contributed by atoms with E-state index in [1.807, 2.05) is 66.5 Å². The molecule has 7 heteroatoms. The summed E-state index contributed by atoms with van der Waals surface area (Å²) >= 11 is 6.33. The Kier molecular flexibility index (Phi) is 4.04. The quantitative estimate of drug-likeness (QED) is 0.602. The second-order valence-electron chi connectivity index (χ2n) is 8.27. The van der Waals surface area contributed by atoms with Crippen molar-refractivity contribution in [1.82, 2.24) is 5.01 Å². The number of rotatable bonds is 2. The van der Waals surface area contributed by atoms with Crippen molar-refractivity contribution in [2.24, 2.45) is 5.10 Å². The molecule has 3 aromatic rings. The summed E-state index contributed by atoms with van der Waals surface area (Å²) in [6, 6.07) is 19.0. The molecule has 6 rings (SSSR count). The van der Waals surface area contributed by atoms with Crippen molar-refractivity contribution in [2.45, 2.75) is 25.1 Å². The van der Waals surface area contributed by atoms with E-state index in [0.717, 1.165) is 39.4 Å². The second-order valence-corrected chi connectivity index (χ2v) is 8.71. The Hall–Kier alpha value is -3.51. The van der Waals surface area contributed by atoms with Crippen LogP contribution in [0.1, 0.15) is 34.7 Å². The highest BCUT2D eigenvalue weighted by Crippen LogP contribution is 2.54. The molecule has 3 heterocycles. The minimum Gasteiger partial charge on any atom is -0.497 e. The van der Waals surface area contributed by atoms with E-state index < -0.39 is 5.72 Å². The van der Waals surface area contributed by atoms with Gasteiger partial charge < -0.3 is 14.8 Å². The summed E-state index contributed by atoms with van der Waals surface area (Å²) in [6.07, 6.45) is 0.624. The first-order valence-corrected chi connectivity index (χ1v) is 10.8. The number of halogens is 1. The normalized spacial score (nSPS) is 22.6. The highest BCUT2D eigenvalue weighted by Gasteiger charge is 2.60. The third-order valence-electron chi connectivity index (χ3n) is 6.34. The number of fused-ring (bicyclic) bond motifs is 6. The number of anilines is 1. The van der Waals surface area contributed by atoms with Crippen LogP contribution in [-0.4, -0.2) is 23.7 Å².